The van der Waals surface area contributed by atoms with Crippen LogP contribution in [0.15, 0.2) is 22.7 Å². The third-order valence-corrected chi connectivity index (χ3v) is 3.71. The van der Waals surface area contributed by atoms with E-state index in [1.54, 1.807) is 4.90 Å². The minimum absolute atomic E-state index is 0.0348. The Morgan fingerprint density at radius 3 is 2.95 bits per heavy atom. The van der Waals surface area contributed by atoms with Gasteiger partial charge in [0.15, 0.2) is 0 Å². The maximum Gasteiger partial charge on any atom is 0.270 e. The maximum absolute atomic E-state index is 12.4. The highest BCUT2D eigenvalue weighted by Gasteiger charge is 2.27. The lowest BCUT2D eigenvalue weighted by molar-refractivity contribution is -0.384. The van der Waals surface area contributed by atoms with Crippen LogP contribution in [-0.4, -0.2) is 41.5 Å². The average Bonchev–Trinajstić information content (AvgIpc) is 2.38. The molecule has 1 atom stereocenters. The maximum atomic E-state index is 12.4. The van der Waals surface area contributed by atoms with Crippen molar-refractivity contribution >= 4 is 27.5 Å². The summed E-state index contributed by atoms with van der Waals surface area (Å²) in [6.07, 6.45) is 0. The van der Waals surface area contributed by atoms with Crippen molar-refractivity contribution in [3.63, 3.8) is 0 Å². The normalized spacial score (nSPS) is 19.3. The summed E-state index contributed by atoms with van der Waals surface area (Å²) >= 11 is 3.27. The van der Waals surface area contributed by atoms with E-state index in [0.29, 0.717) is 29.8 Å². The van der Waals surface area contributed by atoms with E-state index in [4.69, 9.17) is 4.74 Å². The van der Waals surface area contributed by atoms with E-state index >= 15 is 0 Å². The van der Waals surface area contributed by atoms with Crippen LogP contribution in [0.25, 0.3) is 0 Å². The molecule has 1 aromatic carbocycles. The summed E-state index contributed by atoms with van der Waals surface area (Å²) < 4.78 is 5.83. The van der Waals surface area contributed by atoms with Crippen molar-refractivity contribution in [1.82, 2.24) is 4.90 Å². The van der Waals surface area contributed by atoms with Gasteiger partial charge in [-0.15, -0.1) is 0 Å². The van der Waals surface area contributed by atoms with E-state index in [1.165, 1.54) is 18.2 Å². The van der Waals surface area contributed by atoms with Crippen LogP contribution in [0.5, 0.6) is 0 Å². The molecule has 1 fully saturated rings. The summed E-state index contributed by atoms with van der Waals surface area (Å²) in [5, 5.41) is 10.8. The molecular formula is C12H13BrN2O4. The summed E-state index contributed by atoms with van der Waals surface area (Å²) in [5.41, 5.74) is 0.218. The lowest BCUT2D eigenvalue weighted by Gasteiger charge is -2.33. The minimum Gasteiger partial charge on any atom is -0.377 e. The largest absolute Gasteiger partial charge is 0.377 e. The molecule has 0 N–H and O–H groups in total. The molecule has 0 aliphatic carbocycles. The fourth-order valence-corrected chi connectivity index (χ4v) is 2.39. The van der Waals surface area contributed by atoms with Crippen molar-refractivity contribution in [2.45, 2.75) is 13.0 Å². The van der Waals surface area contributed by atoms with Crippen molar-refractivity contribution in [3.05, 3.63) is 38.3 Å². The second kappa shape index (κ2) is 5.66. The number of nitrogens with zero attached hydrogens (tertiary/aromatic N) is 2. The van der Waals surface area contributed by atoms with Gasteiger partial charge in [-0.2, -0.15) is 0 Å². The third kappa shape index (κ3) is 2.93. The molecule has 6 nitrogen and oxygen atoms in total. The lowest BCUT2D eigenvalue weighted by Crippen LogP contribution is -2.47. The van der Waals surface area contributed by atoms with Gasteiger partial charge in [0.05, 0.1) is 29.7 Å². The van der Waals surface area contributed by atoms with Gasteiger partial charge in [-0.05, 0) is 28.9 Å². The standard InChI is InChI=1S/C12H13BrN2O4/c1-8-7-19-5-4-14(8)12(16)10-6-9(15(17)18)2-3-11(10)13/h2-3,6,8H,4-5,7H2,1H3. The zero-order valence-corrected chi connectivity index (χ0v) is 11.9. The Morgan fingerprint density at radius 2 is 2.32 bits per heavy atom. The van der Waals surface area contributed by atoms with Gasteiger partial charge in [-0.3, -0.25) is 14.9 Å². The van der Waals surface area contributed by atoms with Gasteiger partial charge in [0, 0.05) is 23.2 Å². The predicted octanol–water partition coefficient (Wildman–Crippen LogP) is 2.22. The molecule has 19 heavy (non-hydrogen) atoms. The van der Waals surface area contributed by atoms with Gasteiger partial charge >= 0.3 is 0 Å². The minimum atomic E-state index is -0.508. The van der Waals surface area contributed by atoms with Gasteiger partial charge in [-0.25, -0.2) is 0 Å². The summed E-state index contributed by atoms with van der Waals surface area (Å²) in [4.78, 5) is 24.4. The molecule has 0 saturated carbocycles. The quantitative estimate of drug-likeness (QED) is 0.616. The number of carbonyl (C=O) groups is 1. The third-order valence-electron chi connectivity index (χ3n) is 3.02. The van der Waals surface area contributed by atoms with Crippen molar-refractivity contribution < 1.29 is 14.5 Å². The lowest BCUT2D eigenvalue weighted by atomic mass is 10.1. The molecule has 1 aliphatic heterocycles. The Labute approximate surface area is 118 Å². The highest BCUT2D eigenvalue weighted by atomic mass is 79.9. The SMILES string of the molecule is CC1COCCN1C(=O)c1cc([N+](=O)[O-])ccc1Br. The molecule has 1 unspecified atom stereocenters. The molecule has 1 aromatic rings. The summed E-state index contributed by atoms with van der Waals surface area (Å²) in [5.74, 6) is -0.216. The Hall–Kier alpha value is -1.47. The highest BCUT2D eigenvalue weighted by molar-refractivity contribution is 9.10. The Morgan fingerprint density at radius 1 is 1.58 bits per heavy atom. The van der Waals surface area contributed by atoms with Gasteiger partial charge in [0.2, 0.25) is 0 Å². The number of hydrogen-bond acceptors (Lipinski definition) is 4. The molecule has 0 radical (unpaired) electrons. The van der Waals surface area contributed by atoms with Crippen LogP contribution >= 0.6 is 15.9 Å². The Bertz CT molecular complexity index is 520. The first-order valence-electron chi connectivity index (χ1n) is 5.83. The van der Waals surface area contributed by atoms with Crippen LogP contribution in [0.2, 0.25) is 0 Å². The molecule has 1 amide bonds. The number of amides is 1. The Balaban J connectivity index is 2.32. The van der Waals surface area contributed by atoms with Crippen molar-refractivity contribution in [3.8, 4) is 0 Å². The second-order valence-corrected chi connectivity index (χ2v) is 5.20. The van der Waals surface area contributed by atoms with Crippen LogP contribution in [0.1, 0.15) is 17.3 Å². The van der Waals surface area contributed by atoms with Crippen molar-refractivity contribution in [1.29, 1.82) is 0 Å². The van der Waals surface area contributed by atoms with Crippen LogP contribution in [0.4, 0.5) is 5.69 Å². The molecule has 7 heteroatoms. The fraction of sp³-hybridized carbons (Fsp3) is 0.417. The molecule has 1 heterocycles. The predicted molar refractivity (Wildman–Crippen MR) is 72.1 cm³/mol. The van der Waals surface area contributed by atoms with Crippen LogP contribution in [0, 0.1) is 10.1 Å². The number of morpholine rings is 1. The monoisotopic (exact) mass is 328 g/mol. The van der Waals surface area contributed by atoms with Crippen LogP contribution < -0.4 is 0 Å². The highest BCUT2D eigenvalue weighted by Crippen LogP contribution is 2.25. The van der Waals surface area contributed by atoms with E-state index in [2.05, 4.69) is 15.9 Å². The zero-order valence-electron chi connectivity index (χ0n) is 10.3. The summed E-state index contributed by atoms with van der Waals surface area (Å²) in [6.45, 7) is 3.36. The van der Waals surface area contributed by atoms with E-state index in [9.17, 15) is 14.9 Å². The van der Waals surface area contributed by atoms with E-state index in [0.717, 1.165) is 0 Å². The van der Waals surface area contributed by atoms with Crippen LogP contribution in [0.3, 0.4) is 0 Å². The number of hydrogen-bond donors (Lipinski definition) is 0. The van der Waals surface area contributed by atoms with Gasteiger partial charge < -0.3 is 9.64 Å². The smallest absolute Gasteiger partial charge is 0.270 e. The van der Waals surface area contributed by atoms with Crippen molar-refractivity contribution in [2.24, 2.45) is 0 Å². The molecule has 2 rings (SSSR count). The first-order chi connectivity index (χ1) is 9.00. The van der Waals surface area contributed by atoms with Gasteiger partial charge in [0.25, 0.3) is 11.6 Å². The molecule has 1 saturated heterocycles. The molecule has 102 valence electrons. The van der Waals surface area contributed by atoms with Crippen molar-refractivity contribution in [2.75, 3.05) is 19.8 Å². The molecule has 1 aliphatic rings. The summed E-state index contributed by atoms with van der Waals surface area (Å²) in [7, 11) is 0. The fourth-order valence-electron chi connectivity index (χ4n) is 1.97. The second-order valence-electron chi connectivity index (χ2n) is 4.34. The van der Waals surface area contributed by atoms with E-state index < -0.39 is 4.92 Å². The number of carbonyl (C=O) groups excluding carboxylic acids is 1. The topological polar surface area (TPSA) is 72.7 Å². The molecule has 0 spiro atoms. The number of nitro benzene ring substituents is 1. The summed E-state index contributed by atoms with van der Waals surface area (Å²) in [6, 6.07) is 4.15. The first kappa shape index (κ1) is 14.0. The number of benzene rings is 1. The number of rotatable bonds is 2. The van der Waals surface area contributed by atoms with Gasteiger partial charge in [0.1, 0.15) is 0 Å². The number of halogens is 1. The van der Waals surface area contributed by atoms with E-state index in [1.807, 2.05) is 6.92 Å². The molecule has 0 aromatic heterocycles. The van der Waals surface area contributed by atoms with Gasteiger partial charge in [-0.1, -0.05) is 0 Å². The van der Waals surface area contributed by atoms with E-state index in [-0.39, 0.29) is 17.6 Å². The number of non-ortho nitro benzene ring substituents is 1. The zero-order chi connectivity index (χ0) is 14.0. The average molecular weight is 329 g/mol. The Kier molecular flexibility index (Phi) is 4.16. The van der Waals surface area contributed by atoms with Crippen LogP contribution in [-0.2, 0) is 4.74 Å². The first-order valence-corrected chi connectivity index (χ1v) is 6.62. The number of nitro groups is 1. The number of ether oxygens (including phenoxy) is 1. The molecular weight excluding hydrogens is 316 g/mol. The molecule has 0 bridgehead atoms.